The van der Waals surface area contributed by atoms with Crippen LogP contribution in [-0.2, 0) is 20.8 Å². The van der Waals surface area contributed by atoms with E-state index in [2.05, 4.69) is 24.5 Å². The summed E-state index contributed by atoms with van der Waals surface area (Å²) in [5.41, 5.74) is 1.61. The van der Waals surface area contributed by atoms with Crippen molar-refractivity contribution in [3.05, 3.63) is 60.2 Å². The lowest BCUT2D eigenvalue weighted by Crippen LogP contribution is -2.58. The molecule has 3 fully saturated rings. The summed E-state index contributed by atoms with van der Waals surface area (Å²) < 4.78 is 4.31. The Kier molecular flexibility index (Phi) is 8.90. The van der Waals surface area contributed by atoms with Crippen LogP contribution in [0.3, 0.4) is 0 Å². The number of thioether (sulfide) groups is 1. The van der Waals surface area contributed by atoms with Crippen molar-refractivity contribution in [2.24, 2.45) is 11.8 Å². The first kappa shape index (κ1) is 30.4. The van der Waals surface area contributed by atoms with Crippen LogP contribution >= 0.6 is 11.8 Å². The SMILES string of the molecule is CCCC(C)NC(=O)C1N([C@@H](CO)Cc2ccccc2)C(=O)[C@@H]2[C@@H](C(=O)Nc3ccc(OCC)cc3)[C@@]3(C)CCC12S3. The number of likely N-dealkylation sites (tertiary alicyclic amines) is 1. The number of nitrogens with one attached hydrogen (secondary N) is 2. The summed E-state index contributed by atoms with van der Waals surface area (Å²) in [6.07, 6.45) is 3.57. The van der Waals surface area contributed by atoms with Gasteiger partial charge in [-0.15, -0.1) is 11.8 Å². The summed E-state index contributed by atoms with van der Waals surface area (Å²) in [5, 5.41) is 16.9. The zero-order valence-corrected chi connectivity index (χ0v) is 25.8. The number of benzene rings is 2. The maximum atomic E-state index is 14.5. The van der Waals surface area contributed by atoms with Gasteiger partial charge in [-0.3, -0.25) is 14.4 Å². The third-order valence-corrected chi connectivity index (χ3v) is 11.2. The van der Waals surface area contributed by atoms with Crippen molar-refractivity contribution >= 4 is 35.2 Å². The van der Waals surface area contributed by atoms with E-state index in [0.29, 0.717) is 25.1 Å². The summed E-state index contributed by atoms with van der Waals surface area (Å²) in [6.45, 7) is 8.32. The van der Waals surface area contributed by atoms with Crippen LogP contribution in [0.15, 0.2) is 54.6 Å². The van der Waals surface area contributed by atoms with E-state index < -0.39 is 33.4 Å². The molecule has 7 atom stereocenters. The topological polar surface area (TPSA) is 108 Å². The Bertz CT molecular complexity index is 1290. The highest BCUT2D eigenvalue weighted by Gasteiger charge is 2.77. The molecule has 0 aromatic heterocycles. The lowest BCUT2D eigenvalue weighted by Gasteiger charge is -2.37. The Labute approximate surface area is 253 Å². The number of carbonyl (C=O) groups excluding carboxylic acids is 3. The van der Waals surface area contributed by atoms with E-state index in [0.717, 1.165) is 30.6 Å². The minimum atomic E-state index is -0.773. The van der Waals surface area contributed by atoms with Crippen molar-refractivity contribution in [1.82, 2.24) is 10.2 Å². The Morgan fingerprint density at radius 3 is 2.45 bits per heavy atom. The summed E-state index contributed by atoms with van der Waals surface area (Å²) in [6, 6.07) is 15.5. The zero-order chi connectivity index (χ0) is 30.1. The number of aliphatic hydroxyl groups is 1. The molecule has 2 aromatic carbocycles. The minimum absolute atomic E-state index is 0.0467. The van der Waals surface area contributed by atoms with E-state index in [1.807, 2.05) is 56.3 Å². The third-order valence-electron chi connectivity index (χ3n) is 9.21. The molecule has 3 aliphatic heterocycles. The van der Waals surface area contributed by atoms with Crippen LogP contribution in [-0.4, -0.2) is 68.6 Å². The van der Waals surface area contributed by atoms with Gasteiger partial charge in [-0.05, 0) is 76.3 Å². The molecular weight excluding hydrogens is 550 g/mol. The maximum Gasteiger partial charge on any atom is 0.244 e. The Morgan fingerprint density at radius 2 is 1.81 bits per heavy atom. The molecule has 0 saturated carbocycles. The standard InChI is InChI=1S/C33H43N3O5S/c1-5-10-21(3)34-30(39)28-33-18-17-32(4,42-33)26(29(38)35-23-13-15-25(16-14-23)41-6-2)27(33)31(40)36(28)24(20-37)19-22-11-8-7-9-12-22/h7-9,11-16,21,24,26-28,37H,5-6,10,17-20H2,1-4H3,(H,34,39)(H,35,38)/t21?,24-,26+,27+,28?,32-,33?/m1/s1. The summed E-state index contributed by atoms with van der Waals surface area (Å²) in [7, 11) is 0. The first-order valence-corrected chi connectivity index (χ1v) is 16.0. The van der Waals surface area contributed by atoms with Crippen molar-refractivity contribution < 1.29 is 24.2 Å². The number of hydrogen-bond donors (Lipinski definition) is 3. The Balaban J connectivity index is 1.49. The summed E-state index contributed by atoms with van der Waals surface area (Å²) in [4.78, 5) is 44.3. The van der Waals surface area contributed by atoms with Gasteiger partial charge in [0.05, 0.1) is 35.8 Å². The number of rotatable bonds is 12. The monoisotopic (exact) mass is 593 g/mol. The largest absolute Gasteiger partial charge is 0.494 e. The highest BCUT2D eigenvalue weighted by molar-refractivity contribution is 8.02. The van der Waals surface area contributed by atoms with Crippen molar-refractivity contribution in [3.63, 3.8) is 0 Å². The van der Waals surface area contributed by atoms with E-state index in [9.17, 15) is 19.5 Å². The average molecular weight is 594 g/mol. The van der Waals surface area contributed by atoms with Crippen LogP contribution in [0.4, 0.5) is 5.69 Å². The predicted molar refractivity (Wildman–Crippen MR) is 165 cm³/mol. The molecule has 2 bridgehead atoms. The number of aliphatic hydroxyl groups excluding tert-OH is 1. The third kappa shape index (κ3) is 5.41. The number of nitrogens with zero attached hydrogens (tertiary/aromatic N) is 1. The van der Waals surface area contributed by atoms with Gasteiger partial charge in [0.1, 0.15) is 11.8 Å². The molecule has 3 heterocycles. The van der Waals surface area contributed by atoms with E-state index in [-0.39, 0.29) is 30.4 Å². The van der Waals surface area contributed by atoms with Gasteiger partial charge in [-0.2, -0.15) is 0 Å². The van der Waals surface area contributed by atoms with Crippen LogP contribution in [0.25, 0.3) is 0 Å². The predicted octanol–water partition coefficient (Wildman–Crippen LogP) is 4.41. The first-order chi connectivity index (χ1) is 20.2. The van der Waals surface area contributed by atoms with Crippen LogP contribution in [0.2, 0.25) is 0 Å². The molecule has 9 heteroatoms. The molecule has 3 amide bonds. The zero-order valence-electron chi connectivity index (χ0n) is 25.0. The summed E-state index contributed by atoms with van der Waals surface area (Å²) in [5.74, 6) is -1.17. The number of hydrogen-bond acceptors (Lipinski definition) is 6. The van der Waals surface area contributed by atoms with Gasteiger partial charge in [-0.25, -0.2) is 0 Å². The van der Waals surface area contributed by atoms with Crippen molar-refractivity contribution in [2.75, 3.05) is 18.5 Å². The summed E-state index contributed by atoms with van der Waals surface area (Å²) >= 11 is 1.64. The molecule has 42 heavy (non-hydrogen) atoms. The second-order valence-corrected chi connectivity index (χ2v) is 14.0. The van der Waals surface area contributed by atoms with Gasteiger partial charge < -0.3 is 25.4 Å². The molecule has 0 aliphatic carbocycles. The molecule has 2 aromatic rings. The maximum absolute atomic E-state index is 14.5. The number of anilines is 1. The minimum Gasteiger partial charge on any atom is -0.494 e. The normalized spacial score (nSPS) is 29.2. The van der Waals surface area contributed by atoms with Crippen molar-refractivity contribution in [3.8, 4) is 5.75 Å². The molecule has 3 N–H and O–H groups in total. The molecule has 226 valence electrons. The quantitative estimate of drug-likeness (QED) is 0.337. The van der Waals surface area contributed by atoms with Crippen LogP contribution in [0, 0.1) is 11.8 Å². The van der Waals surface area contributed by atoms with Gasteiger partial charge in [0.15, 0.2) is 0 Å². The Hall–Kier alpha value is -3.04. The molecule has 3 saturated heterocycles. The van der Waals surface area contributed by atoms with Crippen molar-refractivity contribution in [1.29, 1.82) is 0 Å². The molecule has 0 radical (unpaired) electrons. The highest BCUT2D eigenvalue weighted by Crippen LogP contribution is 2.71. The fourth-order valence-corrected chi connectivity index (χ4v) is 9.79. The van der Waals surface area contributed by atoms with Gasteiger partial charge in [-0.1, -0.05) is 43.7 Å². The number of fused-ring (bicyclic) bond motifs is 1. The van der Waals surface area contributed by atoms with E-state index in [1.54, 1.807) is 28.8 Å². The van der Waals surface area contributed by atoms with Crippen molar-refractivity contribution in [2.45, 2.75) is 87.4 Å². The fraction of sp³-hybridized carbons (Fsp3) is 0.545. The lowest BCUT2D eigenvalue weighted by molar-refractivity contribution is -0.142. The van der Waals surface area contributed by atoms with E-state index in [4.69, 9.17) is 4.74 Å². The molecule has 3 aliphatic rings. The number of amides is 3. The van der Waals surface area contributed by atoms with Crippen LogP contribution in [0.1, 0.15) is 58.9 Å². The fourth-order valence-electron chi connectivity index (χ4n) is 7.44. The first-order valence-electron chi connectivity index (χ1n) is 15.2. The van der Waals surface area contributed by atoms with Gasteiger partial charge >= 0.3 is 0 Å². The van der Waals surface area contributed by atoms with Crippen LogP contribution < -0.4 is 15.4 Å². The molecule has 8 nitrogen and oxygen atoms in total. The highest BCUT2D eigenvalue weighted by atomic mass is 32.2. The average Bonchev–Trinajstić information content (AvgIpc) is 3.54. The second kappa shape index (κ2) is 12.3. The smallest absolute Gasteiger partial charge is 0.244 e. The van der Waals surface area contributed by atoms with Gasteiger partial charge in [0, 0.05) is 16.5 Å². The molecule has 5 rings (SSSR count). The molecule has 1 spiro atoms. The van der Waals surface area contributed by atoms with Gasteiger partial charge in [0.25, 0.3) is 0 Å². The lowest BCUT2D eigenvalue weighted by atomic mass is 9.66. The number of carbonyl (C=O) groups is 3. The molecule has 3 unspecified atom stereocenters. The van der Waals surface area contributed by atoms with Crippen LogP contribution in [0.5, 0.6) is 5.75 Å². The number of ether oxygens (including phenoxy) is 1. The van der Waals surface area contributed by atoms with E-state index >= 15 is 0 Å². The Morgan fingerprint density at radius 1 is 1.10 bits per heavy atom. The van der Waals surface area contributed by atoms with E-state index in [1.165, 1.54) is 0 Å². The molecular formula is C33H43N3O5S. The van der Waals surface area contributed by atoms with Gasteiger partial charge in [0.2, 0.25) is 17.7 Å². The second-order valence-electron chi connectivity index (χ2n) is 12.1.